The van der Waals surface area contributed by atoms with Crippen LogP contribution in [-0.4, -0.2) is 43.8 Å². The van der Waals surface area contributed by atoms with Crippen LogP contribution in [0, 0.1) is 6.92 Å². The maximum absolute atomic E-state index is 12.9. The summed E-state index contributed by atoms with van der Waals surface area (Å²) in [4.78, 5) is 2.58. The lowest BCUT2D eigenvalue weighted by atomic mass is 10.0. The Morgan fingerprint density at radius 3 is 2.39 bits per heavy atom. The van der Waals surface area contributed by atoms with Gasteiger partial charge in [-0.15, -0.1) is 0 Å². The average molecular weight is 415 g/mol. The third-order valence-corrected chi connectivity index (χ3v) is 7.69. The van der Waals surface area contributed by atoms with Gasteiger partial charge in [-0.2, -0.15) is 4.31 Å². The molecule has 1 fully saturated rings. The van der Waals surface area contributed by atoms with Crippen LogP contribution in [0.1, 0.15) is 11.1 Å². The minimum absolute atomic E-state index is 0.269. The van der Waals surface area contributed by atoms with E-state index in [4.69, 9.17) is 11.6 Å². The molecule has 4 nitrogen and oxygen atoms in total. The van der Waals surface area contributed by atoms with Crippen molar-refractivity contribution in [3.63, 3.8) is 0 Å². The minimum atomic E-state index is -3.51. The van der Waals surface area contributed by atoms with E-state index < -0.39 is 10.0 Å². The molecule has 0 bridgehead atoms. The monoisotopic (exact) mass is 414 g/mol. The Morgan fingerprint density at radius 1 is 0.929 bits per heavy atom. The average Bonchev–Trinajstić information content (AvgIpc) is 2.71. The van der Waals surface area contributed by atoms with Crippen molar-refractivity contribution in [2.24, 2.45) is 0 Å². The molecule has 0 aromatic heterocycles. The van der Waals surface area contributed by atoms with E-state index in [1.807, 2.05) is 13.0 Å². The van der Waals surface area contributed by atoms with E-state index in [9.17, 15) is 8.42 Å². The van der Waals surface area contributed by atoms with Gasteiger partial charge in [0.1, 0.15) is 0 Å². The molecular formula is C22H23ClN2O2S. The van der Waals surface area contributed by atoms with Crippen molar-refractivity contribution in [3.05, 3.63) is 76.8 Å². The second-order valence-electron chi connectivity index (χ2n) is 7.23. The highest BCUT2D eigenvalue weighted by Gasteiger charge is 2.28. The highest BCUT2D eigenvalue weighted by molar-refractivity contribution is 7.89. The standard InChI is InChI=1S/C22H23ClN2O2S/c1-17-9-10-20(15-22(17)23)28(26,27)25-13-11-24(12-14-25)16-19-7-4-6-18-5-2-3-8-21(18)19/h2-10,15H,11-14,16H2,1H3. The van der Waals surface area contributed by atoms with E-state index in [-0.39, 0.29) is 4.90 Å². The molecule has 0 atom stereocenters. The summed E-state index contributed by atoms with van der Waals surface area (Å²) < 4.78 is 27.4. The first-order valence-corrected chi connectivity index (χ1v) is 11.2. The maximum atomic E-state index is 12.9. The first kappa shape index (κ1) is 19.4. The second-order valence-corrected chi connectivity index (χ2v) is 9.57. The van der Waals surface area contributed by atoms with Crippen molar-refractivity contribution in [2.45, 2.75) is 18.4 Å². The molecule has 0 N–H and O–H groups in total. The predicted molar refractivity (Wildman–Crippen MR) is 114 cm³/mol. The van der Waals surface area contributed by atoms with Crippen LogP contribution in [0.5, 0.6) is 0 Å². The Morgan fingerprint density at radius 2 is 1.64 bits per heavy atom. The first-order valence-electron chi connectivity index (χ1n) is 9.40. The molecule has 1 heterocycles. The molecule has 1 aliphatic rings. The molecule has 0 spiro atoms. The normalized spacial score (nSPS) is 16.5. The lowest BCUT2D eigenvalue weighted by molar-refractivity contribution is 0.182. The number of piperazine rings is 1. The quantitative estimate of drug-likeness (QED) is 0.638. The van der Waals surface area contributed by atoms with Crippen molar-refractivity contribution < 1.29 is 8.42 Å². The molecule has 1 aliphatic heterocycles. The zero-order valence-corrected chi connectivity index (χ0v) is 17.4. The van der Waals surface area contributed by atoms with Crippen LogP contribution in [0.25, 0.3) is 10.8 Å². The Balaban J connectivity index is 1.46. The largest absolute Gasteiger partial charge is 0.296 e. The number of nitrogens with zero attached hydrogens (tertiary/aromatic N) is 2. The molecule has 28 heavy (non-hydrogen) atoms. The van der Waals surface area contributed by atoms with Crippen LogP contribution >= 0.6 is 11.6 Å². The number of benzene rings is 3. The van der Waals surface area contributed by atoms with E-state index in [1.165, 1.54) is 16.3 Å². The van der Waals surface area contributed by atoms with Gasteiger partial charge in [-0.1, -0.05) is 60.1 Å². The first-order chi connectivity index (χ1) is 13.4. The van der Waals surface area contributed by atoms with Crippen molar-refractivity contribution in [2.75, 3.05) is 26.2 Å². The molecular weight excluding hydrogens is 392 g/mol. The predicted octanol–water partition coefficient (Wildman–Crippen LogP) is 4.31. The molecule has 0 unspecified atom stereocenters. The van der Waals surface area contributed by atoms with E-state index in [1.54, 1.807) is 22.5 Å². The molecule has 0 saturated carbocycles. The number of fused-ring (bicyclic) bond motifs is 1. The summed E-state index contributed by atoms with van der Waals surface area (Å²) >= 11 is 6.13. The number of aryl methyl sites for hydroxylation is 1. The van der Waals surface area contributed by atoms with Gasteiger partial charge in [0.2, 0.25) is 10.0 Å². The summed E-state index contributed by atoms with van der Waals surface area (Å²) in [6.07, 6.45) is 0. The highest BCUT2D eigenvalue weighted by atomic mass is 35.5. The number of rotatable bonds is 4. The number of halogens is 1. The van der Waals surface area contributed by atoms with Crippen molar-refractivity contribution in [1.82, 2.24) is 9.21 Å². The van der Waals surface area contributed by atoms with Crippen molar-refractivity contribution in [3.8, 4) is 0 Å². The fourth-order valence-corrected chi connectivity index (χ4v) is 5.38. The van der Waals surface area contributed by atoms with Gasteiger partial charge in [-0.3, -0.25) is 4.90 Å². The highest BCUT2D eigenvalue weighted by Crippen LogP contribution is 2.25. The van der Waals surface area contributed by atoms with Gasteiger partial charge in [0.15, 0.2) is 0 Å². The van der Waals surface area contributed by atoms with Gasteiger partial charge in [0.25, 0.3) is 0 Å². The summed E-state index contributed by atoms with van der Waals surface area (Å²) in [5.74, 6) is 0. The molecule has 146 valence electrons. The molecule has 1 saturated heterocycles. The molecule has 0 aliphatic carbocycles. The SMILES string of the molecule is Cc1ccc(S(=O)(=O)N2CCN(Cc3cccc4ccccc34)CC2)cc1Cl. The molecule has 0 amide bonds. The topological polar surface area (TPSA) is 40.6 Å². The summed E-state index contributed by atoms with van der Waals surface area (Å²) in [7, 11) is -3.51. The van der Waals surface area contributed by atoms with E-state index in [0.29, 0.717) is 31.2 Å². The molecule has 3 aromatic carbocycles. The summed E-state index contributed by atoms with van der Waals surface area (Å²) in [6.45, 7) is 5.08. The number of hydrogen-bond acceptors (Lipinski definition) is 3. The lowest BCUT2D eigenvalue weighted by Gasteiger charge is -2.34. The van der Waals surface area contributed by atoms with Crippen LogP contribution in [0.3, 0.4) is 0 Å². The van der Waals surface area contributed by atoms with Gasteiger partial charge < -0.3 is 0 Å². The van der Waals surface area contributed by atoms with Crippen LogP contribution in [0.15, 0.2) is 65.6 Å². The van der Waals surface area contributed by atoms with Gasteiger partial charge >= 0.3 is 0 Å². The fraction of sp³-hybridized carbons (Fsp3) is 0.273. The Kier molecular flexibility index (Phi) is 5.43. The van der Waals surface area contributed by atoms with Gasteiger partial charge in [0, 0.05) is 37.7 Å². The van der Waals surface area contributed by atoms with E-state index in [0.717, 1.165) is 12.1 Å². The fourth-order valence-electron chi connectivity index (χ4n) is 3.68. The van der Waals surface area contributed by atoms with Crippen LogP contribution in [0.4, 0.5) is 0 Å². The van der Waals surface area contributed by atoms with Crippen molar-refractivity contribution >= 4 is 32.4 Å². The molecule has 6 heteroatoms. The lowest BCUT2D eigenvalue weighted by Crippen LogP contribution is -2.48. The Bertz CT molecular complexity index is 1100. The number of hydrogen-bond donors (Lipinski definition) is 0. The van der Waals surface area contributed by atoms with Crippen molar-refractivity contribution in [1.29, 1.82) is 0 Å². The van der Waals surface area contributed by atoms with Gasteiger partial charge in [0.05, 0.1) is 4.90 Å². The zero-order chi connectivity index (χ0) is 19.7. The minimum Gasteiger partial charge on any atom is -0.296 e. The molecule has 3 aromatic rings. The molecule has 0 radical (unpaired) electrons. The van der Waals surface area contributed by atoms with Crippen LogP contribution in [0.2, 0.25) is 5.02 Å². The van der Waals surface area contributed by atoms with Crippen LogP contribution in [-0.2, 0) is 16.6 Å². The molecule has 4 rings (SSSR count). The third kappa shape index (κ3) is 3.80. The van der Waals surface area contributed by atoms with Gasteiger partial charge in [-0.25, -0.2) is 8.42 Å². The summed E-state index contributed by atoms with van der Waals surface area (Å²) in [6, 6.07) is 19.7. The van der Waals surface area contributed by atoms with Gasteiger partial charge in [-0.05, 0) is 41.0 Å². The number of sulfonamides is 1. The van der Waals surface area contributed by atoms with Crippen LogP contribution < -0.4 is 0 Å². The summed E-state index contributed by atoms with van der Waals surface area (Å²) in [5, 5.41) is 2.97. The summed E-state index contributed by atoms with van der Waals surface area (Å²) in [5.41, 5.74) is 2.15. The zero-order valence-electron chi connectivity index (χ0n) is 15.8. The Hall–Kier alpha value is -1.92. The maximum Gasteiger partial charge on any atom is 0.243 e. The van der Waals surface area contributed by atoms with E-state index in [2.05, 4.69) is 41.3 Å². The Labute approximate surface area is 171 Å². The smallest absolute Gasteiger partial charge is 0.243 e. The van der Waals surface area contributed by atoms with E-state index >= 15 is 0 Å². The third-order valence-electron chi connectivity index (χ3n) is 5.39. The second kappa shape index (κ2) is 7.84.